The molecule has 26 heavy (non-hydrogen) atoms. The molecule has 2 heterocycles. The van der Waals surface area contributed by atoms with Gasteiger partial charge in [0, 0.05) is 19.1 Å². The molecule has 0 atom stereocenters. The van der Waals surface area contributed by atoms with Crippen LogP contribution < -0.4 is 5.32 Å². The number of amides is 2. The fraction of sp³-hybridized carbons (Fsp3) is 0.684. The van der Waals surface area contributed by atoms with Crippen LogP contribution in [0.4, 0.5) is 0 Å². The van der Waals surface area contributed by atoms with Gasteiger partial charge in [-0.15, -0.1) is 5.10 Å². The van der Waals surface area contributed by atoms with Crippen LogP contribution in [0.2, 0.25) is 0 Å². The van der Waals surface area contributed by atoms with E-state index in [0.717, 1.165) is 31.6 Å². The topological polar surface area (TPSA) is 80.1 Å². The molecule has 0 aromatic carbocycles. The molecule has 2 aliphatic rings. The summed E-state index contributed by atoms with van der Waals surface area (Å²) in [6.07, 6.45) is 10.4. The van der Waals surface area contributed by atoms with E-state index in [1.807, 2.05) is 0 Å². The van der Waals surface area contributed by atoms with Crippen molar-refractivity contribution in [2.75, 3.05) is 13.1 Å². The summed E-state index contributed by atoms with van der Waals surface area (Å²) in [6, 6.07) is 0.432. The predicted octanol–water partition coefficient (Wildman–Crippen LogP) is 2.33. The number of hydrogen-bond acceptors (Lipinski definition) is 4. The highest BCUT2D eigenvalue weighted by Gasteiger charge is 2.26. The molecule has 2 amide bonds. The number of aromatic nitrogens is 3. The van der Waals surface area contributed by atoms with Gasteiger partial charge in [0.05, 0.1) is 12.2 Å². The number of nitrogens with one attached hydrogen (secondary N) is 1. The van der Waals surface area contributed by atoms with Gasteiger partial charge >= 0.3 is 0 Å². The molecule has 1 N–H and O–H groups in total. The number of carbonyl (C=O) groups excluding carboxylic acids is 2. The fourth-order valence-electron chi connectivity index (χ4n) is 4.01. The van der Waals surface area contributed by atoms with Gasteiger partial charge in [-0.05, 0) is 50.5 Å². The van der Waals surface area contributed by atoms with E-state index in [0.29, 0.717) is 18.8 Å². The van der Waals surface area contributed by atoms with E-state index in [2.05, 4.69) is 29.1 Å². The van der Waals surface area contributed by atoms with E-state index in [1.165, 1.54) is 25.3 Å². The molecule has 0 bridgehead atoms. The van der Waals surface area contributed by atoms with Crippen molar-refractivity contribution in [2.24, 2.45) is 5.92 Å². The fourth-order valence-corrected chi connectivity index (χ4v) is 4.01. The van der Waals surface area contributed by atoms with Crippen molar-refractivity contribution in [3.8, 4) is 0 Å². The first kappa shape index (κ1) is 18.6. The van der Waals surface area contributed by atoms with Crippen LogP contribution in [0.15, 0.2) is 18.9 Å². The zero-order valence-electron chi connectivity index (χ0n) is 15.6. The Bertz CT molecular complexity index is 640. The molecule has 1 saturated carbocycles. The minimum absolute atomic E-state index is 0.0279. The molecule has 7 heteroatoms. The van der Waals surface area contributed by atoms with Gasteiger partial charge in [0.15, 0.2) is 5.69 Å². The lowest BCUT2D eigenvalue weighted by Gasteiger charge is -2.31. The van der Waals surface area contributed by atoms with Gasteiger partial charge in [0.25, 0.3) is 5.91 Å². The summed E-state index contributed by atoms with van der Waals surface area (Å²) >= 11 is 0. The monoisotopic (exact) mass is 359 g/mol. The molecule has 0 spiro atoms. The lowest BCUT2D eigenvalue weighted by molar-refractivity contribution is -0.127. The molecule has 1 aliphatic carbocycles. The average Bonchev–Trinajstić information content (AvgIpc) is 3.18. The van der Waals surface area contributed by atoms with Crippen LogP contribution >= 0.6 is 0 Å². The lowest BCUT2D eigenvalue weighted by Crippen LogP contribution is -2.38. The Morgan fingerprint density at radius 3 is 2.54 bits per heavy atom. The van der Waals surface area contributed by atoms with Crippen LogP contribution in [0.1, 0.15) is 68.4 Å². The van der Waals surface area contributed by atoms with Crippen LogP contribution in [-0.2, 0) is 4.79 Å². The summed E-state index contributed by atoms with van der Waals surface area (Å²) in [5.41, 5.74) is 0.382. The highest BCUT2D eigenvalue weighted by atomic mass is 16.2. The summed E-state index contributed by atoms with van der Waals surface area (Å²) < 4.78 is 1.78. The van der Waals surface area contributed by atoms with E-state index < -0.39 is 0 Å². The summed E-state index contributed by atoms with van der Waals surface area (Å²) in [6.45, 7) is 7.12. The average molecular weight is 359 g/mol. The van der Waals surface area contributed by atoms with Crippen LogP contribution in [0, 0.1) is 5.92 Å². The van der Waals surface area contributed by atoms with Crippen LogP contribution in [0.3, 0.4) is 0 Å². The van der Waals surface area contributed by atoms with E-state index in [9.17, 15) is 9.59 Å². The summed E-state index contributed by atoms with van der Waals surface area (Å²) in [5, 5.41) is 11.3. The maximum absolute atomic E-state index is 12.4. The molecule has 0 unspecified atom stereocenters. The van der Waals surface area contributed by atoms with Gasteiger partial charge in [0.2, 0.25) is 5.91 Å². The van der Waals surface area contributed by atoms with Gasteiger partial charge in [-0.25, -0.2) is 4.68 Å². The number of rotatable bonds is 5. The standard InChI is InChI=1S/C19H29N5O2/c1-3-14-5-7-15(8-6-14)20-19(26)17-13-24(22-21-17)16-9-11-23(12-10-16)18(25)4-2/h4,13-16H,2-3,5-12H2,1H3,(H,20,26). The first-order valence-corrected chi connectivity index (χ1v) is 9.74. The summed E-state index contributed by atoms with van der Waals surface area (Å²) in [5.74, 6) is 0.651. The molecule has 2 fully saturated rings. The van der Waals surface area contributed by atoms with Crippen molar-refractivity contribution in [2.45, 2.75) is 64.0 Å². The molecule has 1 aliphatic heterocycles. The Hall–Kier alpha value is -2.18. The van der Waals surface area contributed by atoms with Crippen LogP contribution in [-0.4, -0.2) is 50.8 Å². The molecule has 0 radical (unpaired) electrons. The molecule has 7 nitrogen and oxygen atoms in total. The Labute approximate surface area is 154 Å². The zero-order chi connectivity index (χ0) is 18.5. The maximum Gasteiger partial charge on any atom is 0.273 e. The Balaban J connectivity index is 1.51. The van der Waals surface area contributed by atoms with E-state index >= 15 is 0 Å². The summed E-state index contributed by atoms with van der Waals surface area (Å²) in [4.78, 5) is 25.9. The normalized spacial score (nSPS) is 24.3. The smallest absolute Gasteiger partial charge is 0.273 e. The van der Waals surface area contributed by atoms with Crippen molar-refractivity contribution in [1.82, 2.24) is 25.2 Å². The molecule has 1 aromatic rings. The van der Waals surface area contributed by atoms with Gasteiger partial charge < -0.3 is 10.2 Å². The van der Waals surface area contributed by atoms with Crippen molar-refractivity contribution in [3.05, 3.63) is 24.5 Å². The maximum atomic E-state index is 12.4. The van der Waals surface area contributed by atoms with E-state index in [4.69, 9.17) is 0 Å². The van der Waals surface area contributed by atoms with Gasteiger partial charge in [-0.2, -0.15) is 0 Å². The van der Waals surface area contributed by atoms with Crippen molar-refractivity contribution >= 4 is 11.8 Å². The van der Waals surface area contributed by atoms with Gasteiger partial charge in [0.1, 0.15) is 0 Å². The first-order chi connectivity index (χ1) is 12.6. The van der Waals surface area contributed by atoms with Crippen molar-refractivity contribution < 1.29 is 9.59 Å². The Morgan fingerprint density at radius 1 is 1.23 bits per heavy atom. The molecule has 3 rings (SSSR count). The second-order valence-electron chi connectivity index (χ2n) is 7.44. The Kier molecular flexibility index (Phi) is 6.06. The predicted molar refractivity (Wildman–Crippen MR) is 98.6 cm³/mol. The summed E-state index contributed by atoms with van der Waals surface area (Å²) in [7, 11) is 0. The molecule has 1 aromatic heterocycles. The zero-order valence-corrected chi connectivity index (χ0v) is 15.6. The highest BCUT2D eigenvalue weighted by molar-refractivity contribution is 5.92. The lowest BCUT2D eigenvalue weighted by atomic mass is 9.84. The second kappa shape index (κ2) is 8.47. The SMILES string of the molecule is C=CC(=O)N1CCC(n2cc(C(=O)NC3CCC(CC)CC3)nn2)CC1. The van der Waals surface area contributed by atoms with Crippen LogP contribution in [0.5, 0.6) is 0 Å². The number of piperidine rings is 1. The van der Waals surface area contributed by atoms with Gasteiger partial charge in [-0.3, -0.25) is 9.59 Å². The third-order valence-corrected chi connectivity index (χ3v) is 5.83. The third kappa shape index (κ3) is 4.31. The largest absolute Gasteiger partial charge is 0.348 e. The molecular weight excluding hydrogens is 330 g/mol. The van der Waals surface area contributed by atoms with Crippen molar-refractivity contribution in [3.63, 3.8) is 0 Å². The second-order valence-corrected chi connectivity index (χ2v) is 7.44. The minimum Gasteiger partial charge on any atom is -0.348 e. The molecule has 142 valence electrons. The van der Waals surface area contributed by atoms with E-state index in [1.54, 1.807) is 15.8 Å². The number of carbonyl (C=O) groups is 2. The molecular formula is C19H29N5O2. The number of likely N-dealkylation sites (tertiary alicyclic amines) is 1. The number of nitrogens with zero attached hydrogens (tertiary/aromatic N) is 4. The van der Waals surface area contributed by atoms with E-state index in [-0.39, 0.29) is 23.9 Å². The quantitative estimate of drug-likeness (QED) is 0.818. The Morgan fingerprint density at radius 2 is 1.92 bits per heavy atom. The first-order valence-electron chi connectivity index (χ1n) is 9.74. The molecule has 1 saturated heterocycles. The number of hydrogen-bond donors (Lipinski definition) is 1. The van der Waals surface area contributed by atoms with Crippen molar-refractivity contribution in [1.29, 1.82) is 0 Å². The highest BCUT2D eigenvalue weighted by Crippen LogP contribution is 2.26. The minimum atomic E-state index is -0.129. The van der Waals surface area contributed by atoms with Crippen LogP contribution in [0.25, 0.3) is 0 Å². The van der Waals surface area contributed by atoms with Gasteiger partial charge in [-0.1, -0.05) is 25.1 Å². The third-order valence-electron chi connectivity index (χ3n) is 5.83.